The molecule has 0 aliphatic heterocycles. The predicted molar refractivity (Wildman–Crippen MR) is 135 cm³/mol. The number of rotatable bonds is 14. The Balaban J connectivity index is 2.02. The molecule has 176 valence electrons. The number of benzene rings is 1. The Morgan fingerprint density at radius 1 is 0.906 bits per heavy atom. The van der Waals surface area contributed by atoms with E-state index in [0.717, 1.165) is 18.4 Å². The van der Waals surface area contributed by atoms with Crippen LogP contribution in [-0.2, 0) is 22.7 Å². The maximum Gasteiger partial charge on any atom is 0.242 e. The van der Waals surface area contributed by atoms with E-state index in [0.29, 0.717) is 19.5 Å². The van der Waals surface area contributed by atoms with Crippen LogP contribution < -0.4 is 0 Å². The summed E-state index contributed by atoms with van der Waals surface area (Å²) < 4.78 is 0. The van der Waals surface area contributed by atoms with Crippen LogP contribution in [0.25, 0.3) is 0 Å². The highest BCUT2D eigenvalue weighted by Gasteiger charge is 2.24. The number of hydrogen-bond acceptors (Lipinski definition) is 3. The maximum atomic E-state index is 13.4. The Bertz CT molecular complexity index is 816. The van der Waals surface area contributed by atoms with Gasteiger partial charge in [0.2, 0.25) is 11.8 Å². The summed E-state index contributed by atoms with van der Waals surface area (Å²) >= 11 is 1.68. The highest BCUT2D eigenvalue weighted by molar-refractivity contribution is 7.10. The average molecular weight is 457 g/mol. The largest absolute Gasteiger partial charge is 0.332 e. The highest BCUT2D eigenvalue weighted by atomic mass is 32.1. The second kappa shape index (κ2) is 14.1. The Labute approximate surface area is 198 Å². The van der Waals surface area contributed by atoms with Gasteiger partial charge in [0.05, 0.1) is 13.1 Å². The standard InChI is InChI=1S/C27H40N2O2S/c1-5-6-7-8-9-13-16-26(30)29(22(2)3)21-27(31)28(19-24-14-11-10-12-15-24)20-25-23(4)17-18-32-25/h10-12,14-15,17-18,22H,5-9,13,16,19-21H2,1-4H3. The molecule has 0 spiro atoms. The second-order valence-corrected chi connectivity index (χ2v) is 9.90. The molecule has 0 aliphatic carbocycles. The van der Waals surface area contributed by atoms with Crippen LogP contribution in [0.15, 0.2) is 41.8 Å². The lowest BCUT2D eigenvalue weighted by Crippen LogP contribution is -2.45. The van der Waals surface area contributed by atoms with Crippen molar-refractivity contribution in [3.05, 3.63) is 57.8 Å². The van der Waals surface area contributed by atoms with Gasteiger partial charge in [0.25, 0.3) is 0 Å². The summed E-state index contributed by atoms with van der Waals surface area (Å²) in [6.45, 7) is 9.56. The molecule has 32 heavy (non-hydrogen) atoms. The van der Waals surface area contributed by atoms with E-state index in [1.165, 1.54) is 36.1 Å². The minimum Gasteiger partial charge on any atom is -0.332 e. The van der Waals surface area contributed by atoms with E-state index in [1.54, 1.807) is 16.2 Å². The summed E-state index contributed by atoms with van der Waals surface area (Å²) in [5.74, 6) is 0.0995. The van der Waals surface area contributed by atoms with Crippen LogP contribution in [0.2, 0.25) is 0 Å². The normalized spacial score (nSPS) is 11.0. The summed E-state index contributed by atoms with van der Waals surface area (Å²) in [5.41, 5.74) is 2.31. The molecule has 2 rings (SSSR count). The van der Waals surface area contributed by atoms with E-state index in [2.05, 4.69) is 25.3 Å². The van der Waals surface area contributed by atoms with Crippen LogP contribution in [0.4, 0.5) is 0 Å². The number of nitrogens with zero attached hydrogens (tertiary/aromatic N) is 2. The highest BCUT2D eigenvalue weighted by Crippen LogP contribution is 2.20. The lowest BCUT2D eigenvalue weighted by molar-refractivity contribution is -0.142. The van der Waals surface area contributed by atoms with Gasteiger partial charge in [0, 0.05) is 23.9 Å². The molecule has 0 N–H and O–H groups in total. The van der Waals surface area contributed by atoms with Crippen LogP contribution in [-0.4, -0.2) is 34.2 Å². The minimum atomic E-state index is 0.00616. The van der Waals surface area contributed by atoms with Gasteiger partial charge in [-0.05, 0) is 49.8 Å². The van der Waals surface area contributed by atoms with E-state index in [-0.39, 0.29) is 24.4 Å². The first-order valence-corrected chi connectivity index (χ1v) is 12.9. The molecule has 0 unspecified atom stereocenters. The van der Waals surface area contributed by atoms with Crippen LogP contribution in [0.5, 0.6) is 0 Å². The Kier molecular flexibility index (Phi) is 11.5. The monoisotopic (exact) mass is 456 g/mol. The Morgan fingerprint density at radius 3 is 2.22 bits per heavy atom. The van der Waals surface area contributed by atoms with Gasteiger partial charge in [-0.15, -0.1) is 11.3 Å². The molecule has 2 amide bonds. The average Bonchev–Trinajstić information content (AvgIpc) is 3.18. The van der Waals surface area contributed by atoms with Crippen LogP contribution in [0.3, 0.4) is 0 Å². The van der Waals surface area contributed by atoms with Crippen LogP contribution in [0.1, 0.15) is 81.7 Å². The molecule has 0 saturated carbocycles. The van der Waals surface area contributed by atoms with Gasteiger partial charge in [0.1, 0.15) is 0 Å². The van der Waals surface area contributed by atoms with Crippen molar-refractivity contribution in [2.24, 2.45) is 0 Å². The molecule has 4 nitrogen and oxygen atoms in total. The smallest absolute Gasteiger partial charge is 0.242 e. The lowest BCUT2D eigenvalue weighted by Gasteiger charge is -2.30. The minimum absolute atomic E-state index is 0.00616. The zero-order valence-corrected chi connectivity index (χ0v) is 21.1. The van der Waals surface area contributed by atoms with E-state index < -0.39 is 0 Å². The van der Waals surface area contributed by atoms with Gasteiger partial charge in [-0.1, -0.05) is 69.4 Å². The molecule has 1 aromatic carbocycles. The van der Waals surface area contributed by atoms with E-state index >= 15 is 0 Å². The third-order valence-corrected chi connectivity index (χ3v) is 6.87. The molecule has 1 aromatic heterocycles. The van der Waals surface area contributed by atoms with Crippen molar-refractivity contribution in [1.82, 2.24) is 9.80 Å². The fraction of sp³-hybridized carbons (Fsp3) is 0.556. The maximum absolute atomic E-state index is 13.4. The quantitative estimate of drug-likeness (QED) is 0.302. The van der Waals surface area contributed by atoms with Crippen molar-refractivity contribution < 1.29 is 9.59 Å². The molecule has 0 radical (unpaired) electrons. The van der Waals surface area contributed by atoms with Gasteiger partial charge in [-0.3, -0.25) is 9.59 Å². The SMILES string of the molecule is CCCCCCCCC(=O)N(CC(=O)N(Cc1ccccc1)Cc1sccc1C)C(C)C. The van der Waals surface area contributed by atoms with Crippen LogP contribution in [0, 0.1) is 6.92 Å². The number of amides is 2. The summed E-state index contributed by atoms with van der Waals surface area (Å²) in [5, 5.41) is 2.07. The van der Waals surface area contributed by atoms with Crippen molar-refractivity contribution in [1.29, 1.82) is 0 Å². The first kappa shape index (κ1) is 26.1. The number of thiophene rings is 1. The van der Waals surface area contributed by atoms with Crippen molar-refractivity contribution in [2.75, 3.05) is 6.54 Å². The fourth-order valence-electron chi connectivity index (χ4n) is 3.78. The van der Waals surface area contributed by atoms with Crippen molar-refractivity contribution in [3.8, 4) is 0 Å². The van der Waals surface area contributed by atoms with Gasteiger partial charge in [-0.25, -0.2) is 0 Å². The van der Waals surface area contributed by atoms with Gasteiger partial charge >= 0.3 is 0 Å². The third kappa shape index (κ3) is 8.78. The van der Waals surface area contributed by atoms with E-state index in [4.69, 9.17) is 0 Å². The molecule has 5 heteroatoms. The Morgan fingerprint density at radius 2 is 1.59 bits per heavy atom. The molecule has 1 heterocycles. The van der Waals surface area contributed by atoms with Crippen molar-refractivity contribution in [2.45, 2.75) is 91.8 Å². The topological polar surface area (TPSA) is 40.6 Å². The number of carbonyl (C=O) groups is 2. The summed E-state index contributed by atoms with van der Waals surface area (Å²) in [4.78, 5) is 31.2. The van der Waals surface area contributed by atoms with Gasteiger partial charge in [-0.2, -0.15) is 0 Å². The molecule has 0 saturated heterocycles. The zero-order valence-electron chi connectivity index (χ0n) is 20.3. The molecular weight excluding hydrogens is 416 g/mol. The third-order valence-electron chi connectivity index (χ3n) is 5.87. The first-order valence-electron chi connectivity index (χ1n) is 12.1. The number of unbranched alkanes of at least 4 members (excludes halogenated alkanes) is 5. The molecular formula is C27H40N2O2S. The molecule has 2 aromatic rings. The van der Waals surface area contributed by atoms with E-state index in [9.17, 15) is 9.59 Å². The Hall–Kier alpha value is -2.14. The fourth-order valence-corrected chi connectivity index (χ4v) is 4.70. The second-order valence-electron chi connectivity index (χ2n) is 8.90. The number of carbonyl (C=O) groups excluding carboxylic acids is 2. The predicted octanol–water partition coefficient (Wildman–Crippen LogP) is 6.57. The first-order chi connectivity index (χ1) is 15.4. The van der Waals surface area contributed by atoms with Gasteiger partial charge < -0.3 is 9.80 Å². The molecule has 0 atom stereocenters. The molecule has 0 fully saturated rings. The number of hydrogen-bond donors (Lipinski definition) is 0. The van der Waals surface area contributed by atoms with E-state index in [1.807, 2.05) is 49.1 Å². The number of aryl methyl sites for hydroxylation is 1. The zero-order chi connectivity index (χ0) is 23.3. The summed E-state index contributed by atoms with van der Waals surface area (Å²) in [6.07, 6.45) is 7.44. The summed E-state index contributed by atoms with van der Waals surface area (Å²) in [6, 6.07) is 12.2. The molecule has 0 aliphatic rings. The van der Waals surface area contributed by atoms with Gasteiger partial charge in [0.15, 0.2) is 0 Å². The summed E-state index contributed by atoms with van der Waals surface area (Å²) in [7, 11) is 0. The molecule has 0 bridgehead atoms. The lowest BCUT2D eigenvalue weighted by atomic mass is 10.1. The van der Waals surface area contributed by atoms with Crippen molar-refractivity contribution in [3.63, 3.8) is 0 Å². The van der Waals surface area contributed by atoms with Crippen LogP contribution >= 0.6 is 11.3 Å². The van der Waals surface area contributed by atoms with Crippen molar-refractivity contribution >= 4 is 23.2 Å².